The van der Waals surface area contributed by atoms with Crippen LogP contribution < -0.4 is 5.32 Å². The van der Waals surface area contributed by atoms with Crippen molar-refractivity contribution in [2.45, 2.75) is 26.2 Å². The second-order valence-corrected chi connectivity index (χ2v) is 7.22. The first-order chi connectivity index (χ1) is 12.9. The van der Waals surface area contributed by atoms with Gasteiger partial charge in [0.25, 0.3) is 5.91 Å². The highest BCUT2D eigenvalue weighted by Gasteiger charge is 2.17. The number of benzene rings is 2. The number of rotatable bonds is 4. The van der Waals surface area contributed by atoms with E-state index in [1.165, 1.54) is 0 Å². The molecule has 0 radical (unpaired) electrons. The van der Waals surface area contributed by atoms with Crippen LogP contribution in [0.15, 0.2) is 83.2 Å². The van der Waals surface area contributed by atoms with Crippen molar-refractivity contribution in [1.29, 1.82) is 0 Å². The first-order valence-electron chi connectivity index (χ1n) is 8.76. The molecular formula is C22H22N4O. The highest BCUT2D eigenvalue weighted by atomic mass is 16.1. The lowest BCUT2D eigenvalue weighted by molar-refractivity contribution is 0.102. The number of anilines is 1. The molecule has 0 aliphatic carbocycles. The molecule has 1 aromatic heterocycles. The molecule has 1 N–H and O–H groups in total. The van der Waals surface area contributed by atoms with Crippen LogP contribution in [-0.4, -0.2) is 10.9 Å². The third kappa shape index (κ3) is 5.07. The first kappa shape index (κ1) is 18.5. The number of amides is 1. The smallest absolute Gasteiger partial charge is 0.255 e. The fraction of sp³-hybridized carbons (Fsp3) is 0.182. The largest absolute Gasteiger partial charge is 0.322 e. The number of hydrogen-bond acceptors (Lipinski definition) is 4. The van der Waals surface area contributed by atoms with Crippen LogP contribution in [0.3, 0.4) is 0 Å². The predicted molar refractivity (Wildman–Crippen MR) is 108 cm³/mol. The van der Waals surface area contributed by atoms with Crippen molar-refractivity contribution in [3.63, 3.8) is 0 Å². The molecule has 0 atom stereocenters. The summed E-state index contributed by atoms with van der Waals surface area (Å²) in [6.45, 7) is 6.21. The third-order valence-corrected chi connectivity index (χ3v) is 3.95. The topological polar surface area (TPSA) is 66.7 Å². The van der Waals surface area contributed by atoms with E-state index in [-0.39, 0.29) is 11.3 Å². The van der Waals surface area contributed by atoms with Gasteiger partial charge in [-0.25, -0.2) is 0 Å². The minimum atomic E-state index is -0.165. The van der Waals surface area contributed by atoms with Crippen LogP contribution >= 0.6 is 0 Å². The Morgan fingerprint density at radius 3 is 2.15 bits per heavy atom. The number of azo groups is 1. The SMILES string of the molecule is CC(C)(C)c1cc(C(=O)Nc2ccc(N=Nc3ccccc3)cc2)ccn1. The Bertz CT molecular complexity index is 942. The Kier molecular flexibility index (Phi) is 5.41. The van der Waals surface area contributed by atoms with Crippen LogP contribution in [0.5, 0.6) is 0 Å². The second kappa shape index (κ2) is 7.91. The van der Waals surface area contributed by atoms with Crippen molar-refractivity contribution >= 4 is 23.0 Å². The summed E-state index contributed by atoms with van der Waals surface area (Å²) >= 11 is 0. The Hall–Kier alpha value is -3.34. The molecule has 1 amide bonds. The van der Waals surface area contributed by atoms with Crippen LogP contribution in [0, 0.1) is 0 Å². The van der Waals surface area contributed by atoms with Crippen LogP contribution in [0.4, 0.5) is 17.1 Å². The van der Waals surface area contributed by atoms with Gasteiger partial charge >= 0.3 is 0 Å². The van der Waals surface area contributed by atoms with Gasteiger partial charge < -0.3 is 5.32 Å². The standard InChI is InChI=1S/C22H22N4O/c1-22(2,3)20-15-16(13-14-23-20)21(27)24-17-9-11-19(12-10-17)26-25-18-7-5-4-6-8-18/h4-15H,1-3H3,(H,24,27). The molecule has 27 heavy (non-hydrogen) atoms. The maximum absolute atomic E-state index is 12.5. The molecule has 0 spiro atoms. The summed E-state index contributed by atoms with van der Waals surface area (Å²) in [7, 11) is 0. The summed E-state index contributed by atoms with van der Waals surface area (Å²) in [5, 5.41) is 11.3. The Balaban J connectivity index is 1.68. The molecule has 0 bridgehead atoms. The van der Waals surface area contributed by atoms with Gasteiger partial charge in [-0.1, -0.05) is 39.0 Å². The lowest BCUT2D eigenvalue weighted by Gasteiger charge is -2.18. The van der Waals surface area contributed by atoms with Crippen LogP contribution in [0.2, 0.25) is 0 Å². The molecule has 0 unspecified atom stereocenters. The molecule has 1 heterocycles. The molecule has 136 valence electrons. The maximum Gasteiger partial charge on any atom is 0.255 e. The summed E-state index contributed by atoms with van der Waals surface area (Å²) in [4.78, 5) is 16.9. The molecule has 0 saturated heterocycles. The van der Waals surface area contributed by atoms with Gasteiger partial charge in [-0.05, 0) is 48.5 Å². The summed E-state index contributed by atoms with van der Waals surface area (Å²) in [5.41, 5.74) is 3.57. The molecule has 2 aromatic carbocycles. The van der Waals surface area contributed by atoms with Gasteiger partial charge in [0.2, 0.25) is 0 Å². The first-order valence-corrected chi connectivity index (χ1v) is 8.76. The summed E-state index contributed by atoms with van der Waals surface area (Å²) in [6, 6.07) is 20.3. The highest BCUT2D eigenvalue weighted by molar-refractivity contribution is 6.04. The predicted octanol–water partition coefficient (Wildman–Crippen LogP) is 6.05. The summed E-state index contributed by atoms with van der Waals surface area (Å²) < 4.78 is 0. The monoisotopic (exact) mass is 358 g/mol. The third-order valence-electron chi connectivity index (χ3n) is 3.95. The Morgan fingerprint density at radius 2 is 1.52 bits per heavy atom. The minimum absolute atomic E-state index is 0.109. The molecule has 5 heteroatoms. The van der Waals surface area contributed by atoms with E-state index < -0.39 is 0 Å². The Morgan fingerprint density at radius 1 is 0.889 bits per heavy atom. The van der Waals surface area contributed by atoms with E-state index in [1.807, 2.05) is 60.7 Å². The van der Waals surface area contributed by atoms with E-state index in [9.17, 15) is 4.79 Å². The van der Waals surface area contributed by atoms with Gasteiger partial charge in [-0.15, -0.1) is 0 Å². The molecule has 5 nitrogen and oxygen atoms in total. The number of pyridine rings is 1. The highest BCUT2D eigenvalue weighted by Crippen LogP contribution is 2.22. The molecular weight excluding hydrogens is 336 g/mol. The van der Waals surface area contributed by atoms with E-state index in [4.69, 9.17) is 0 Å². The lowest BCUT2D eigenvalue weighted by Crippen LogP contribution is -2.17. The fourth-order valence-electron chi connectivity index (χ4n) is 2.41. The average Bonchev–Trinajstić information content (AvgIpc) is 2.68. The lowest BCUT2D eigenvalue weighted by atomic mass is 9.91. The van der Waals surface area contributed by atoms with Crippen LogP contribution in [-0.2, 0) is 5.41 Å². The van der Waals surface area contributed by atoms with E-state index in [0.717, 1.165) is 17.1 Å². The van der Waals surface area contributed by atoms with Crippen molar-refractivity contribution in [3.8, 4) is 0 Å². The molecule has 3 aromatic rings. The quantitative estimate of drug-likeness (QED) is 0.577. The van der Waals surface area contributed by atoms with Crippen molar-refractivity contribution in [2.75, 3.05) is 5.32 Å². The molecule has 0 aliphatic heterocycles. The molecule has 0 fully saturated rings. The summed E-state index contributed by atoms with van der Waals surface area (Å²) in [6.07, 6.45) is 1.67. The van der Waals surface area contributed by atoms with Crippen LogP contribution in [0.1, 0.15) is 36.8 Å². The second-order valence-electron chi connectivity index (χ2n) is 7.22. The van der Waals surface area contributed by atoms with Gasteiger partial charge in [0.05, 0.1) is 11.4 Å². The van der Waals surface area contributed by atoms with E-state index in [0.29, 0.717) is 11.3 Å². The van der Waals surface area contributed by atoms with Gasteiger partial charge in [0.1, 0.15) is 0 Å². The zero-order valence-corrected chi connectivity index (χ0v) is 15.7. The van der Waals surface area contributed by atoms with E-state index >= 15 is 0 Å². The molecule has 0 saturated carbocycles. The van der Waals surface area contributed by atoms with Crippen molar-refractivity contribution in [1.82, 2.24) is 4.98 Å². The zero-order chi connectivity index (χ0) is 19.3. The number of hydrogen-bond donors (Lipinski definition) is 1. The van der Waals surface area contributed by atoms with E-state index in [2.05, 4.69) is 41.3 Å². The maximum atomic E-state index is 12.5. The molecule has 0 aliphatic rings. The summed E-state index contributed by atoms with van der Waals surface area (Å²) in [5.74, 6) is -0.165. The minimum Gasteiger partial charge on any atom is -0.322 e. The number of nitrogens with one attached hydrogen (secondary N) is 1. The number of carbonyl (C=O) groups excluding carboxylic acids is 1. The van der Waals surface area contributed by atoms with Gasteiger partial charge in [-0.3, -0.25) is 9.78 Å². The number of carbonyl (C=O) groups is 1. The zero-order valence-electron chi connectivity index (χ0n) is 15.7. The van der Waals surface area contributed by atoms with Crippen molar-refractivity contribution in [2.24, 2.45) is 10.2 Å². The molecule has 3 rings (SSSR count). The fourth-order valence-corrected chi connectivity index (χ4v) is 2.41. The van der Waals surface area contributed by atoms with Gasteiger partial charge in [0, 0.05) is 28.6 Å². The number of aromatic nitrogens is 1. The van der Waals surface area contributed by atoms with Gasteiger partial charge in [-0.2, -0.15) is 10.2 Å². The average molecular weight is 358 g/mol. The Labute approximate surface area is 159 Å². The number of nitrogens with zero attached hydrogens (tertiary/aromatic N) is 3. The van der Waals surface area contributed by atoms with Crippen molar-refractivity contribution < 1.29 is 4.79 Å². The normalized spacial score (nSPS) is 11.5. The van der Waals surface area contributed by atoms with Crippen molar-refractivity contribution in [3.05, 3.63) is 84.2 Å². The van der Waals surface area contributed by atoms with E-state index in [1.54, 1.807) is 12.3 Å². The van der Waals surface area contributed by atoms with Crippen LogP contribution in [0.25, 0.3) is 0 Å². The van der Waals surface area contributed by atoms with Gasteiger partial charge in [0.15, 0.2) is 0 Å².